The Balaban J connectivity index is 0.00000220. The van der Waals surface area contributed by atoms with Crippen molar-refractivity contribution in [3.05, 3.63) is 29.8 Å². The number of hydrogen-bond donors (Lipinski definition) is 2. The number of amides is 1. The standard InChI is InChI=1S/C16H24N2O2.ClH/c1-20-15-8-3-2-5-12(15)9-10-18-16(19)11-13-6-4-7-14(13)17;/h2-3,5,8,13-14H,4,6-7,9-11,17H2,1H3,(H,18,19);1H/t13-,14+;/m0./s1. The number of carbonyl (C=O) groups excluding carboxylic acids is 1. The second-order valence-corrected chi connectivity index (χ2v) is 5.47. The molecule has 0 aromatic heterocycles. The van der Waals surface area contributed by atoms with E-state index in [9.17, 15) is 4.79 Å². The van der Waals surface area contributed by atoms with Crippen LogP contribution >= 0.6 is 12.4 Å². The van der Waals surface area contributed by atoms with Gasteiger partial charge in [0.2, 0.25) is 5.91 Å². The molecule has 0 bridgehead atoms. The summed E-state index contributed by atoms with van der Waals surface area (Å²) >= 11 is 0. The number of nitrogens with two attached hydrogens (primary N) is 1. The van der Waals surface area contributed by atoms with E-state index in [0.29, 0.717) is 18.9 Å². The van der Waals surface area contributed by atoms with E-state index >= 15 is 0 Å². The van der Waals surface area contributed by atoms with E-state index in [-0.39, 0.29) is 24.4 Å². The summed E-state index contributed by atoms with van der Waals surface area (Å²) in [6.07, 6.45) is 4.64. The fourth-order valence-corrected chi connectivity index (χ4v) is 2.88. The molecule has 5 heteroatoms. The van der Waals surface area contributed by atoms with Gasteiger partial charge in [-0.25, -0.2) is 0 Å². The minimum atomic E-state index is 0. The van der Waals surface area contributed by atoms with E-state index in [1.807, 2.05) is 24.3 Å². The predicted octanol–water partition coefficient (Wildman–Crippen LogP) is 2.29. The molecule has 1 saturated carbocycles. The Hall–Kier alpha value is -1.26. The summed E-state index contributed by atoms with van der Waals surface area (Å²) in [7, 11) is 1.67. The second kappa shape index (κ2) is 8.90. The van der Waals surface area contributed by atoms with Crippen LogP contribution in [0.5, 0.6) is 5.75 Å². The minimum Gasteiger partial charge on any atom is -0.496 e. The van der Waals surface area contributed by atoms with Crippen LogP contribution in [-0.2, 0) is 11.2 Å². The molecule has 21 heavy (non-hydrogen) atoms. The van der Waals surface area contributed by atoms with Gasteiger partial charge in [0, 0.05) is 19.0 Å². The van der Waals surface area contributed by atoms with Gasteiger partial charge in [0.1, 0.15) is 5.75 Å². The molecule has 1 aromatic rings. The van der Waals surface area contributed by atoms with E-state index < -0.39 is 0 Å². The maximum atomic E-state index is 11.9. The van der Waals surface area contributed by atoms with Gasteiger partial charge in [-0.3, -0.25) is 4.79 Å². The number of halogens is 1. The molecule has 2 atom stereocenters. The van der Waals surface area contributed by atoms with Crippen LogP contribution < -0.4 is 15.8 Å². The highest BCUT2D eigenvalue weighted by Gasteiger charge is 2.25. The number of para-hydroxylation sites is 1. The molecule has 1 aliphatic rings. The number of ether oxygens (including phenoxy) is 1. The predicted molar refractivity (Wildman–Crippen MR) is 86.9 cm³/mol. The Bertz CT molecular complexity index is 454. The number of rotatable bonds is 6. The van der Waals surface area contributed by atoms with Crippen LogP contribution in [0.1, 0.15) is 31.2 Å². The van der Waals surface area contributed by atoms with Crippen LogP contribution in [0.3, 0.4) is 0 Å². The Morgan fingerprint density at radius 2 is 2.14 bits per heavy atom. The van der Waals surface area contributed by atoms with Gasteiger partial charge in [0.25, 0.3) is 0 Å². The second-order valence-electron chi connectivity index (χ2n) is 5.47. The first-order valence-electron chi connectivity index (χ1n) is 7.35. The summed E-state index contributed by atoms with van der Waals surface area (Å²) in [5.41, 5.74) is 7.11. The van der Waals surface area contributed by atoms with Crippen molar-refractivity contribution in [3.8, 4) is 5.75 Å². The van der Waals surface area contributed by atoms with Crippen molar-refractivity contribution in [3.63, 3.8) is 0 Å². The van der Waals surface area contributed by atoms with Gasteiger partial charge in [0.15, 0.2) is 0 Å². The fourth-order valence-electron chi connectivity index (χ4n) is 2.88. The number of nitrogens with one attached hydrogen (secondary N) is 1. The molecule has 0 radical (unpaired) electrons. The minimum absolute atomic E-state index is 0. The third-order valence-corrected chi connectivity index (χ3v) is 4.07. The smallest absolute Gasteiger partial charge is 0.220 e. The van der Waals surface area contributed by atoms with Crippen LogP contribution in [-0.4, -0.2) is 25.6 Å². The molecule has 3 N–H and O–H groups in total. The number of methoxy groups -OCH3 is 1. The molecule has 1 aliphatic carbocycles. The first-order chi connectivity index (χ1) is 9.70. The van der Waals surface area contributed by atoms with Gasteiger partial charge in [-0.2, -0.15) is 0 Å². The van der Waals surface area contributed by atoms with Crippen molar-refractivity contribution in [1.82, 2.24) is 5.32 Å². The average molecular weight is 313 g/mol. The molecule has 0 heterocycles. The third kappa shape index (κ3) is 5.21. The molecule has 0 saturated heterocycles. The van der Waals surface area contributed by atoms with Crippen molar-refractivity contribution < 1.29 is 9.53 Å². The zero-order chi connectivity index (χ0) is 14.4. The van der Waals surface area contributed by atoms with Crippen molar-refractivity contribution in [2.45, 2.75) is 38.1 Å². The van der Waals surface area contributed by atoms with Crippen molar-refractivity contribution in [2.24, 2.45) is 11.7 Å². The molecule has 1 fully saturated rings. The molecule has 0 unspecified atom stereocenters. The van der Waals surface area contributed by atoms with Crippen LogP contribution in [0.15, 0.2) is 24.3 Å². The lowest BCUT2D eigenvalue weighted by Gasteiger charge is -2.15. The highest BCUT2D eigenvalue weighted by molar-refractivity contribution is 5.85. The fraction of sp³-hybridized carbons (Fsp3) is 0.562. The van der Waals surface area contributed by atoms with Crippen LogP contribution in [0, 0.1) is 5.92 Å². The van der Waals surface area contributed by atoms with E-state index in [0.717, 1.165) is 37.0 Å². The molecular weight excluding hydrogens is 288 g/mol. The Morgan fingerprint density at radius 3 is 2.81 bits per heavy atom. The van der Waals surface area contributed by atoms with Crippen LogP contribution in [0.4, 0.5) is 0 Å². The maximum Gasteiger partial charge on any atom is 0.220 e. The lowest BCUT2D eigenvalue weighted by molar-refractivity contribution is -0.122. The average Bonchev–Trinajstić information content (AvgIpc) is 2.85. The molecule has 2 rings (SSSR count). The summed E-state index contributed by atoms with van der Waals surface area (Å²) in [5, 5.41) is 2.98. The zero-order valence-electron chi connectivity index (χ0n) is 12.5. The molecule has 118 valence electrons. The van der Waals surface area contributed by atoms with Gasteiger partial charge in [-0.15, -0.1) is 12.4 Å². The van der Waals surface area contributed by atoms with Gasteiger partial charge in [-0.05, 0) is 36.8 Å². The topological polar surface area (TPSA) is 64.3 Å². The monoisotopic (exact) mass is 312 g/mol. The first-order valence-corrected chi connectivity index (χ1v) is 7.35. The van der Waals surface area contributed by atoms with E-state index in [1.165, 1.54) is 0 Å². The highest BCUT2D eigenvalue weighted by Crippen LogP contribution is 2.26. The van der Waals surface area contributed by atoms with Crippen molar-refractivity contribution in [2.75, 3.05) is 13.7 Å². The first kappa shape index (κ1) is 17.8. The number of benzene rings is 1. The van der Waals surface area contributed by atoms with E-state index in [4.69, 9.17) is 10.5 Å². The summed E-state index contributed by atoms with van der Waals surface area (Å²) in [5.74, 6) is 1.35. The van der Waals surface area contributed by atoms with Crippen LogP contribution in [0.25, 0.3) is 0 Å². The summed E-state index contributed by atoms with van der Waals surface area (Å²) in [4.78, 5) is 11.9. The SMILES string of the molecule is COc1ccccc1CCNC(=O)C[C@@H]1CCC[C@H]1N.Cl. The number of hydrogen-bond acceptors (Lipinski definition) is 3. The Labute approximate surface area is 132 Å². The summed E-state index contributed by atoms with van der Waals surface area (Å²) in [6.45, 7) is 0.640. The van der Waals surface area contributed by atoms with Gasteiger partial charge >= 0.3 is 0 Å². The van der Waals surface area contributed by atoms with Gasteiger partial charge in [0.05, 0.1) is 7.11 Å². The lowest BCUT2D eigenvalue weighted by atomic mass is 10.00. The van der Waals surface area contributed by atoms with Crippen molar-refractivity contribution >= 4 is 18.3 Å². The van der Waals surface area contributed by atoms with Gasteiger partial charge < -0.3 is 15.8 Å². The highest BCUT2D eigenvalue weighted by atomic mass is 35.5. The molecule has 1 aromatic carbocycles. The quantitative estimate of drug-likeness (QED) is 0.847. The lowest BCUT2D eigenvalue weighted by Crippen LogP contribution is -2.32. The van der Waals surface area contributed by atoms with Crippen molar-refractivity contribution in [1.29, 1.82) is 0 Å². The molecule has 0 spiro atoms. The molecule has 0 aliphatic heterocycles. The zero-order valence-corrected chi connectivity index (χ0v) is 13.3. The van der Waals surface area contributed by atoms with Crippen LogP contribution in [0.2, 0.25) is 0 Å². The summed E-state index contributed by atoms with van der Waals surface area (Å²) in [6, 6.07) is 8.10. The normalized spacial score (nSPS) is 20.7. The summed E-state index contributed by atoms with van der Waals surface area (Å²) < 4.78 is 5.30. The third-order valence-electron chi connectivity index (χ3n) is 4.07. The molecule has 1 amide bonds. The van der Waals surface area contributed by atoms with E-state index in [1.54, 1.807) is 7.11 Å². The number of carbonyl (C=O) groups is 1. The van der Waals surface area contributed by atoms with Gasteiger partial charge in [-0.1, -0.05) is 24.6 Å². The molecular formula is C16H25ClN2O2. The maximum absolute atomic E-state index is 11.9. The Kier molecular flexibility index (Phi) is 7.54. The molecule has 4 nitrogen and oxygen atoms in total. The van der Waals surface area contributed by atoms with E-state index in [2.05, 4.69) is 5.32 Å². The Morgan fingerprint density at radius 1 is 1.38 bits per heavy atom. The largest absolute Gasteiger partial charge is 0.496 e.